The number of ether oxygens (including phenoxy) is 1. The number of rotatable bonds is 7. The lowest BCUT2D eigenvalue weighted by atomic mass is 10.1. The van der Waals surface area contributed by atoms with Crippen molar-refractivity contribution < 1.29 is 13.2 Å². The lowest BCUT2D eigenvalue weighted by Crippen LogP contribution is -2.44. The monoisotopic (exact) mass is 238 g/mol. The van der Waals surface area contributed by atoms with E-state index in [1.807, 2.05) is 20.8 Å². The second-order valence-electron chi connectivity index (χ2n) is 4.11. The van der Waals surface area contributed by atoms with Crippen LogP contribution in [0.4, 0.5) is 0 Å². The first-order chi connectivity index (χ1) is 6.75. The summed E-state index contributed by atoms with van der Waals surface area (Å²) >= 11 is 0. The quantitative estimate of drug-likeness (QED) is 0.657. The third-order valence-electron chi connectivity index (χ3n) is 2.10. The van der Waals surface area contributed by atoms with Crippen LogP contribution in [0.15, 0.2) is 0 Å². The molecule has 0 aliphatic rings. The van der Waals surface area contributed by atoms with Crippen molar-refractivity contribution in [1.29, 1.82) is 0 Å². The summed E-state index contributed by atoms with van der Waals surface area (Å²) in [5, 5.41) is -0.574. The highest BCUT2D eigenvalue weighted by Crippen LogP contribution is 2.08. The lowest BCUT2D eigenvalue weighted by molar-refractivity contribution is -0.00517. The molecule has 0 saturated carbocycles. The van der Waals surface area contributed by atoms with E-state index in [0.717, 1.165) is 0 Å². The molecule has 0 aliphatic heterocycles. The van der Waals surface area contributed by atoms with Gasteiger partial charge in [0.2, 0.25) is 10.0 Å². The number of nitrogens with one attached hydrogen (secondary N) is 1. The minimum absolute atomic E-state index is 0.115. The molecule has 0 aromatic heterocycles. The maximum Gasteiger partial charge on any atom is 0.215 e. The minimum Gasteiger partial charge on any atom is -0.375 e. The molecule has 3 N–H and O–H groups in total. The molecule has 1 atom stereocenters. The van der Waals surface area contributed by atoms with Crippen LogP contribution < -0.4 is 10.5 Å². The van der Waals surface area contributed by atoms with Crippen LogP contribution in [0.2, 0.25) is 0 Å². The summed E-state index contributed by atoms with van der Waals surface area (Å²) in [6, 6.07) is 0. The summed E-state index contributed by atoms with van der Waals surface area (Å²) in [5.74, 6) is 0. The van der Waals surface area contributed by atoms with Gasteiger partial charge in [-0.2, -0.15) is 0 Å². The fourth-order valence-corrected chi connectivity index (χ4v) is 2.07. The first-order valence-corrected chi connectivity index (χ1v) is 6.62. The highest BCUT2D eigenvalue weighted by atomic mass is 32.2. The van der Waals surface area contributed by atoms with E-state index in [2.05, 4.69) is 4.72 Å². The zero-order valence-corrected chi connectivity index (χ0v) is 10.7. The van der Waals surface area contributed by atoms with Crippen LogP contribution in [0.25, 0.3) is 0 Å². The van der Waals surface area contributed by atoms with Gasteiger partial charge >= 0.3 is 0 Å². The molecular weight excluding hydrogens is 216 g/mol. The normalized spacial score (nSPS) is 15.3. The predicted molar refractivity (Wildman–Crippen MR) is 61.1 cm³/mol. The SMILES string of the molecule is CCOC(C)(C)CNS(=O)(=O)C(C)CN. The summed E-state index contributed by atoms with van der Waals surface area (Å²) in [7, 11) is -3.32. The van der Waals surface area contributed by atoms with Crippen molar-refractivity contribution in [1.82, 2.24) is 4.72 Å². The Balaban J connectivity index is 4.27. The van der Waals surface area contributed by atoms with E-state index in [0.29, 0.717) is 6.61 Å². The van der Waals surface area contributed by atoms with Gasteiger partial charge in [0.1, 0.15) is 0 Å². The molecule has 1 unspecified atom stereocenters. The average molecular weight is 238 g/mol. The molecule has 0 aliphatic carbocycles. The first-order valence-electron chi connectivity index (χ1n) is 5.07. The molecule has 0 aromatic rings. The Morgan fingerprint density at radius 3 is 2.40 bits per heavy atom. The van der Waals surface area contributed by atoms with Crippen LogP contribution in [0.5, 0.6) is 0 Å². The summed E-state index contributed by atoms with van der Waals surface area (Å²) in [4.78, 5) is 0. The average Bonchev–Trinajstić information content (AvgIpc) is 2.14. The largest absolute Gasteiger partial charge is 0.375 e. The first kappa shape index (κ1) is 14.8. The maximum absolute atomic E-state index is 11.6. The molecule has 0 aromatic carbocycles. The zero-order chi connectivity index (χ0) is 12.1. The second-order valence-corrected chi connectivity index (χ2v) is 6.29. The van der Waals surface area contributed by atoms with Gasteiger partial charge in [0.15, 0.2) is 0 Å². The predicted octanol–water partition coefficient (Wildman–Crippen LogP) is 0.0681. The van der Waals surface area contributed by atoms with Crippen molar-refractivity contribution in [3.8, 4) is 0 Å². The Morgan fingerprint density at radius 1 is 1.47 bits per heavy atom. The topological polar surface area (TPSA) is 81.4 Å². The van der Waals surface area contributed by atoms with E-state index in [1.165, 1.54) is 0 Å². The van der Waals surface area contributed by atoms with Gasteiger partial charge in [-0.25, -0.2) is 13.1 Å². The second kappa shape index (κ2) is 5.79. The lowest BCUT2D eigenvalue weighted by Gasteiger charge is -2.25. The highest BCUT2D eigenvalue weighted by molar-refractivity contribution is 7.90. The van der Waals surface area contributed by atoms with Gasteiger partial charge in [0.05, 0.1) is 10.9 Å². The Kier molecular flexibility index (Phi) is 5.72. The van der Waals surface area contributed by atoms with Crippen LogP contribution in [0, 0.1) is 0 Å². The van der Waals surface area contributed by atoms with Crippen molar-refractivity contribution in [3.05, 3.63) is 0 Å². The van der Waals surface area contributed by atoms with Crippen molar-refractivity contribution in [2.75, 3.05) is 19.7 Å². The van der Waals surface area contributed by atoms with E-state index in [4.69, 9.17) is 10.5 Å². The molecular formula is C9H22N2O3S. The summed E-state index contributed by atoms with van der Waals surface area (Å²) in [5.41, 5.74) is 4.82. The smallest absolute Gasteiger partial charge is 0.215 e. The molecule has 5 nitrogen and oxygen atoms in total. The highest BCUT2D eigenvalue weighted by Gasteiger charge is 2.24. The fourth-order valence-electron chi connectivity index (χ4n) is 0.985. The Labute approximate surface area is 92.4 Å². The molecule has 0 spiro atoms. The molecule has 92 valence electrons. The van der Waals surface area contributed by atoms with Gasteiger partial charge in [0, 0.05) is 19.7 Å². The minimum atomic E-state index is -3.32. The van der Waals surface area contributed by atoms with Crippen LogP contribution in [0.1, 0.15) is 27.7 Å². The summed E-state index contributed by atoms with van der Waals surface area (Å²) < 4.78 is 31.0. The maximum atomic E-state index is 11.6. The van der Waals surface area contributed by atoms with Crippen molar-refractivity contribution in [2.45, 2.75) is 38.5 Å². The van der Waals surface area contributed by atoms with E-state index in [-0.39, 0.29) is 13.1 Å². The third-order valence-corrected chi connectivity index (χ3v) is 3.89. The molecule has 0 bridgehead atoms. The van der Waals surface area contributed by atoms with Crippen molar-refractivity contribution in [2.24, 2.45) is 5.73 Å². The molecule has 0 rings (SSSR count). The number of hydrogen-bond acceptors (Lipinski definition) is 4. The number of nitrogens with two attached hydrogens (primary N) is 1. The van der Waals surface area contributed by atoms with E-state index >= 15 is 0 Å². The molecule has 0 amide bonds. The molecule has 0 fully saturated rings. The van der Waals surface area contributed by atoms with Crippen LogP contribution >= 0.6 is 0 Å². The van der Waals surface area contributed by atoms with Crippen molar-refractivity contribution in [3.63, 3.8) is 0 Å². The molecule has 0 radical (unpaired) electrons. The Bertz CT molecular complexity index is 275. The zero-order valence-electron chi connectivity index (χ0n) is 9.91. The number of hydrogen-bond donors (Lipinski definition) is 2. The van der Waals surface area contributed by atoms with Gasteiger partial charge < -0.3 is 10.5 Å². The van der Waals surface area contributed by atoms with Gasteiger partial charge in [-0.15, -0.1) is 0 Å². The van der Waals surface area contributed by atoms with Gasteiger partial charge in [0.25, 0.3) is 0 Å². The Morgan fingerprint density at radius 2 is 2.00 bits per heavy atom. The van der Waals surface area contributed by atoms with Crippen LogP contribution in [-0.4, -0.2) is 39.0 Å². The van der Waals surface area contributed by atoms with E-state index in [1.54, 1.807) is 6.92 Å². The molecule has 15 heavy (non-hydrogen) atoms. The molecule has 6 heteroatoms. The van der Waals surface area contributed by atoms with Gasteiger partial charge in [-0.05, 0) is 27.7 Å². The molecule has 0 heterocycles. The number of sulfonamides is 1. The standard InChI is InChI=1S/C9H22N2O3S/c1-5-14-9(3,4)7-11-15(12,13)8(2)6-10/h8,11H,5-7,10H2,1-4H3. The molecule has 0 saturated heterocycles. The van der Waals surface area contributed by atoms with Crippen molar-refractivity contribution >= 4 is 10.0 Å². The van der Waals surface area contributed by atoms with Crippen LogP contribution in [-0.2, 0) is 14.8 Å². The summed E-state index contributed by atoms with van der Waals surface area (Å²) in [6.45, 7) is 8.06. The summed E-state index contributed by atoms with van der Waals surface area (Å²) in [6.07, 6.45) is 0. The van der Waals surface area contributed by atoms with Gasteiger partial charge in [-0.1, -0.05) is 0 Å². The Hall–Kier alpha value is -0.170. The van der Waals surface area contributed by atoms with E-state index < -0.39 is 20.9 Å². The van der Waals surface area contributed by atoms with Crippen LogP contribution in [0.3, 0.4) is 0 Å². The van der Waals surface area contributed by atoms with Gasteiger partial charge in [-0.3, -0.25) is 0 Å². The van der Waals surface area contributed by atoms with E-state index in [9.17, 15) is 8.42 Å². The fraction of sp³-hybridized carbons (Fsp3) is 1.00. The third kappa shape index (κ3) is 5.46.